The van der Waals surface area contributed by atoms with Crippen molar-refractivity contribution < 1.29 is 14.0 Å². The van der Waals surface area contributed by atoms with Crippen molar-refractivity contribution in [3.63, 3.8) is 0 Å². The molecule has 1 N–H and O–H groups in total. The summed E-state index contributed by atoms with van der Waals surface area (Å²) in [7, 11) is 0. The first-order chi connectivity index (χ1) is 13.9. The highest BCUT2D eigenvalue weighted by atomic mass is 19.1. The molecule has 1 saturated heterocycles. The predicted octanol–water partition coefficient (Wildman–Crippen LogP) is 1.37. The number of likely N-dealkylation sites (tertiary alicyclic amines) is 1. The van der Waals surface area contributed by atoms with E-state index in [4.69, 9.17) is 0 Å². The fraction of sp³-hybridized carbons (Fsp3) is 0.429. The molecule has 29 heavy (non-hydrogen) atoms. The van der Waals surface area contributed by atoms with E-state index < -0.39 is 0 Å². The number of amides is 2. The van der Waals surface area contributed by atoms with Gasteiger partial charge in [0.05, 0.1) is 18.7 Å². The molecule has 4 rings (SSSR count). The second-order valence-electron chi connectivity index (χ2n) is 7.70. The normalized spacial score (nSPS) is 18.6. The van der Waals surface area contributed by atoms with Crippen LogP contribution in [0.4, 0.5) is 4.39 Å². The van der Waals surface area contributed by atoms with Crippen molar-refractivity contribution in [1.29, 1.82) is 0 Å². The van der Waals surface area contributed by atoms with Crippen LogP contribution in [0.3, 0.4) is 0 Å². The Bertz CT molecular complexity index is 1000. The number of nitrogens with zero attached hydrogens (tertiary/aromatic N) is 3. The largest absolute Gasteiger partial charge is 0.342 e. The standard InChI is InChI=1S/C21H23FN4O3/c1-13(27)25-9-7-17-18(12-25)23-20(24-21(17)29)15-6-8-26(11-15)19(28)10-14-2-4-16(22)5-3-14/h2-5,15H,6-12H2,1H3,(H,23,24,29)/t15-/m1/s1. The van der Waals surface area contributed by atoms with Crippen molar-refractivity contribution in [1.82, 2.24) is 19.8 Å². The summed E-state index contributed by atoms with van der Waals surface area (Å²) < 4.78 is 13.0. The van der Waals surface area contributed by atoms with Crippen LogP contribution in [-0.2, 0) is 29.0 Å². The highest BCUT2D eigenvalue weighted by Crippen LogP contribution is 2.26. The smallest absolute Gasteiger partial charge is 0.254 e. The minimum atomic E-state index is -0.326. The topological polar surface area (TPSA) is 86.4 Å². The van der Waals surface area contributed by atoms with Crippen LogP contribution < -0.4 is 5.56 Å². The van der Waals surface area contributed by atoms with Gasteiger partial charge in [-0.25, -0.2) is 9.37 Å². The van der Waals surface area contributed by atoms with E-state index in [1.54, 1.807) is 21.9 Å². The zero-order chi connectivity index (χ0) is 20.5. The monoisotopic (exact) mass is 398 g/mol. The maximum absolute atomic E-state index is 13.0. The molecule has 1 aromatic heterocycles. The van der Waals surface area contributed by atoms with E-state index in [1.165, 1.54) is 19.1 Å². The number of rotatable bonds is 3. The minimum absolute atomic E-state index is 0.0258. The maximum Gasteiger partial charge on any atom is 0.254 e. The van der Waals surface area contributed by atoms with Crippen molar-refractivity contribution in [2.24, 2.45) is 0 Å². The van der Waals surface area contributed by atoms with Crippen LogP contribution in [0.2, 0.25) is 0 Å². The van der Waals surface area contributed by atoms with Crippen molar-refractivity contribution >= 4 is 11.8 Å². The van der Waals surface area contributed by atoms with Crippen molar-refractivity contribution in [3.05, 3.63) is 63.1 Å². The zero-order valence-corrected chi connectivity index (χ0v) is 16.3. The van der Waals surface area contributed by atoms with Gasteiger partial charge in [0.1, 0.15) is 11.6 Å². The molecule has 152 valence electrons. The third-order valence-electron chi connectivity index (χ3n) is 5.73. The first kappa shape index (κ1) is 19.3. The number of carbonyl (C=O) groups is 2. The molecule has 2 aromatic rings. The molecule has 0 radical (unpaired) electrons. The number of nitrogens with one attached hydrogen (secondary N) is 1. The molecule has 0 spiro atoms. The summed E-state index contributed by atoms with van der Waals surface area (Å²) >= 11 is 0. The number of benzene rings is 1. The van der Waals surface area contributed by atoms with Crippen LogP contribution in [0.1, 0.15) is 41.9 Å². The lowest BCUT2D eigenvalue weighted by Gasteiger charge is -2.27. The lowest BCUT2D eigenvalue weighted by molar-refractivity contribution is -0.130. The van der Waals surface area contributed by atoms with Crippen molar-refractivity contribution in [2.45, 2.75) is 38.6 Å². The summed E-state index contributed by atoms with van der Waals surface area (Å²) in [5.41, 5.74) is 1.92. The van der Waals surface area contributed by atoms with Crippen LogP contribution in [0, 0.1) is 5.82 Å². The number of carbonyl (C=O) groups excluding carboxylic acids is 2. The van der Waals surface area contributed by atoms with Gasteiger partial charge in [0.25, 0.3) is 5.56 Å². The molecule has 8 heteroatoms. The van der Waals surface area contributed by atoms with Gasteiger partial charge < -0.3 is 14.8 Å². The van der Waals surface area contributed by atoms with Gasteiger partial charge in [-0.2, -0.15) is 0 Å². The Labute approximate surface area is 167 Å². The Morgan fingerprint density at radius 1 is 1.21 bits per heavy atom. The quantitative estimate of drug-likeness (QED) is 0.846. The SMILES string of the molecule is CC(=O)N1CCc2c(nc([C@@H]3CCN(C(=O)Cc4ccc(F)cc4)C3)[nH]c2=O)C1. The lowest BCUT2D eigenvalue weighted by Crippen LogP contribution is -2.38. The third-order valence-corrected chi connectivity index (χ3v) is 5.73. The van der Waals surface area contributed by atoms with Gasteiger partial charge in [-0.3, -0.25) is 14.4 Å². The fourth-order valence-electron chi connectivity index (χ4n) is 4.02. The first-order valence-electron chi connectivity index (χ1n) is 9.80. The van der Waals surface area contributed by atoms with E-state index in [0.717, 1.165) is 5.56 Å². The molecule has 1 atom stereocenters. The van der Waals surface area contributed by atoms with Crippen molar-refractivity contribution in [2.75, 3.05) is 19.6 Å². The van der Waals surface area contributed by atoms with E-state index >= 15 is 0 Å². The summed E-state index contributed by atoms with van der Waals surface area (Å²) in [6.07, 6.45) is 1.44. The Kier molecular flexibility index (Phi) is 5.17. The number of hydrogen-bond donors (Lipinski definition) is 1. The van der Waals surface area contributed by atoms with Crippen LogP contribution in [0.15, 0.2) is 29.1 Å². The van der Waals surface area contributed by atoms with Crippen LogP contribution in [-0.4, -0.2) is 51.2 Å². The lowest BCUT2D eigenvalue weighted by atomic mass is 10.0. The molecule has 2 amide bonds. The van der Waals surface area contributed by atoms with E-state index in [1.807, 2.05) is 0 Å². The average Bonchev–Trinajstić information content (AvgIpc) is 3.19. The Morgan fingerprint density at radius 3 is 2.69 bits per heavy atom. The van der Waals surface area contributed by atoms with E-state index in [-0.39, 0.29) is 35.5 Å². The number of hydrogen-bond acceptors (Lipinski definition) is 4. The maximum atomic E-state index is 13.0. The molecular formula is C21H23FN4O3. The molecular weight excluding hydrogens is 375 g/mol. The molecule has 0 bridgehead atoms. The summed E-state index contributed by atoms with van der Waals surface area (Å²) in [6, 6.07) is 5.93. The molecule has 0 aliphatic carbocycles. The minimum Gasteiger partial charge on any atom is -0.342 e. The van der Waals surface area contributed by atoms with Crippen molar-refractivity contribution in [3.8, 4) is 0 Å². The van der Waals surface area contributed by atoms with E-state index in [2.05, 4.69) is 9.97 Å². The first-order valence-corrected chi connectivity index (χ1v) is 9.80. The summed E-state index contributed by atoms with van der Waals surface area (Å²) in [5, 5.41) is 0. The van der Waals surface area contributed by atoms with Gasteiger partial charge in [-0.15, -0.1) is 0 Å². The molecule has 7 nitrogen and oxygen atoms in total. The second-order valence-corrected chi connectivity index (χ2v) is 7.70. The van der Waals surface area contributed by atoms with Gasteiger partial charge >= 0.3 is 0 Å². The average molecular weight is 398 g/mol. The van der Waals surface area contributed by atoms with Gasteiger partial charge in [0.15, 0.2) is 0 Å². The second kappa shape index (κ2) is 7.77. The number of fused-ring (bicyclic) bond motifs is 1. The van der Waals surface area contributed by atoms with E-state index in [0.29, 0.717) is 56.1 Å². The van der Waals surface area contributed by atoms with Gasteiger partial charge in [0.2, 0.25) is 11.8 Å². The predicted molar refractivity (Wildman–Crippen MR) is 104 cm³/mol. The molecule has 0 unspecified atom stereocenters. The fourth-order valence-corrected chi connectivity index (χ4v) is 4.02. The molecule has 2 aliphatic heterocycles. The van der Waals surface area contributed by atoms with E-state index in [9.17, 15) is 18.8 Å². The number of aromatic nitrogens is 2. The Balaban J connectivity index is 1.46. The highest BCUT2D eigenvalue weighted by Gasteiger charge is 2.30. The summed E-state index contributed by atoms with van der Waals surface area (Å²) in [5.74, 6) is 0.155. The molecule has 1 fully saturated rings. The number of H-pyrrole nitrogens is 1. The Hall–Kier alpha value is -3.03. The van der Waals surface area contributed by atoms with Crippen LogP contribution >= 0.6 is 0 Å². The number of aromatic amines is 1. The summed E-state index contributed by atoms with van der Waals surface area (Å²) in [6.45, 7) is 3.47. The molecule has 2 aliphatic rings. The molecule has 0 saturated carbocycles. The van der Waals surface area contributed by atoms with Gasteiger partial charge in [-0.05, 0) is 30.5 Å². The van der Waals surface area contributed by atoms with Crippen LogP contribution in [0.25, 0.3) is 0 Å². The number of halogens is 1. The van der Waals surface area contributed by atoms with Gasteiger partial charge in [-0.1, -0.05) is 12.1 Å². The third kappa shape index (κ3) is 4.06. The molecule has 3 heterocycles. The highest BCUT2D eigenvalue weighted by molar-refractivity contribution is 5.79. The summed E-state index contributed by atoms with van der Waals surface area (Å²) in [4.78, 5) is 47.7. The molecule has 1 aromatic carbocycles. The zero-order valence-electron chi connectivity index (χ0n) is 16.3. The Morgan fingerprint density at radius 2 is 1.97 bits per heavy atom. The van der Waals surface area contributed by atoms with Crippen LogP contribution in [0.5, 0.6) is 0 Å². The van der Waals surface area contributed by atoms with Gasteiger partial charge in [0, 0.05) is 38.0 Å².